The van der Waals surface area contributed by atoms with Crippen LogP contribution >= 0.6 is 0 Å². The van der Waals surface area contributed by atoms with Crippen molar-refractivity contribution in [3.63, 3.8) is 0 Å². The minimum atomic E-state index is -0.421. The number of aliphatic hydroxyl groups is 1. The first kappa shape index (κ1) is 15.7. The van der Waals surface area contributed by atoms with E-state index >= 15 is 0 Å². The minimum absolute atomic E-state index is 0.421. The Morgan fingerprint density at radius 3 is 2.50 bits per heavy atom. The summed E-state index contributed by atoms with van der Waals surface area (Å²) in [5.74, 6) is 2.16. The topological polar surface area (TPSA) is 65.6 Å². The molecule has 1 atom stereocenters. The number of rotatable bonds is 6. The summed E-state index contributed by atoms with van der Waals surface area (Å²) in [5.41, 5.74) is 0.985. The predicted octanol–water partition coefficient (Wildman–Crippen LogP) is 1.80. The number of nitrogens with zero attached hydrogens (tertiary/aromatic N) is 4. The van der Waals surface area contributed by atoms with Gasteiger partial charge in [-0.3, -0.25) is 9.80 Å². The summed E-state index contributed by atoms with van der Waals surface area (Å²) >= 11 is 0. The van der Waals surface area contributed by atoms with Crippen LogP contribution in [0.5, 0.6) is 0 Å². The van der Waals surface area contributed by atoms with E-state index in [1.807, 2.05) is 30.3 Å². The van der Waals surface area contributed by atoms with Crippen LogP contribution in [0.1, 0.15) is 42.1 Å². The number of benzene rings is 1. The zero-order valence-corrected chi connectivity index (χ0v) is 13.8. The summed E-state index contributed by atoms with van der Waals surface area (Å²) in [6.07, 6.45) is 1.97. The molecule has 6 heteroatoms. The SMILES string of the molecule is OC(CN1CCN(Cc2nc(C3CC3)no2)CC1)c1ccccc1. The molecule has 2 aromatic rings. The van der Waals surface area contributed by atoms with Gasteiger partial charge in [0.25, 0.3) is 0 Å². The lowest BCUT2D eigenvalue weighted by Crippen LogP contribution is -2.47. The molecule has 1 N–H and O–H groups in total. The molecule has 4 rings (SSSR count). The molecular formula is C18H24N4O2. The fourth-order valence-corrected chi connectivity index (χ4v) is 3.19. The zero-order valence-electron chi connectivity index (χ0n) is 13.8. The van der Waals surface area contributed by atoms with Crippen molar-refractivity contribution < 1.29 is 9.63 Å². The summed E-state index contributed by atoms with van der Waals surface area (Å²) in [7, 11) is 0. The highest BCUT2D eigenvalue weighted by Gasteiger charge is 2.29. The second-order valence-corrected chi connectivity index (χ2v) is 6.82. The fourth-order valence-electron chi connectivity index (χ4n) is 3.19. The molecule has 128 valence electrons. The molecule has 6 nitrogen and oxygen atoms in total. The van der Waals surface area contributed by atoms with Crippen LogP contribution in [0.2, 0.25) is 0 Å². The lowest BCUT2D eigenvalue weighted by atomic mass is 10.1. The van der Waals surface area contributed by atoms with E-state index in [9.17, 15) is 5.11 Å². The van der Waals surface area contributed by atoms with Gasteiger partial charge in [0, 0.05) is 38.6 Å². The van der Waals surface area contributed by atoms with Gasteiger partial charge in [0.05, 0.1) is 12.6 Å². The van der Waals surface area contributed by atoms with Crippen molar-refractivity contribution in [3.8, 4) is 0 Å². The normalized spacial score (nSPS) is 21.0. The van der Waals surface area contributed by atoms with Crippen LogP contribution in [0.15, 0.2) is 34.9 Å². The highest BCUT2D eigenvalue weighted by molar-refractivity contribution is 5.17. The monoisotopic (exact) mass is 328 g/mol. The Labute approximate surface area is 142 Å². The number of hydrogen-bond acceptors (Lipinski definition) is 6. The molecule has 1 saturated heterocycles. The first-order valence-electron chi connectivity index (χ1n) is 8.78. The molecule has 2 fully saturated rings. The molecular weight excluding hydrogens is 304 g/mol. The van der Waals surface area contributed by atoms with Crippen molar-refractivity contribution in [3.05, 3.63) is 47.6 Å². The third-order valence-electron chi connectivity index (χ3n) is 4.87. The van der Waals surface area contributed by atoms with Crippen molar-refractivity contribution in [2.75, 3.05) is 32.7 Å². The summed E-state index contributed by atoms with van der Waals surface area (Å²) in [5, 5.41) is 14.4. The van der Waals surface area contributed by atoms with E-state index in [4.69, 9.17) is 4.52 Å². The molecule has 1 saturated carbocycles. The number of aliphatic hydroxyl groups excluding tert-OH is 1. The average molecular weight is 328 g/mol. The van der Waals surface area contributed by atoms with Gasteiger partial charge in [-0.05, 0) is 18.4 Å². The Kier molecular flexibility index (Phi) is 4.60. The van der Waals surface area contributed by atoms with Crippen molar-refractivity contribution in [2.45, 2.75) is 31.4 Å². The van der Waals surface area contributed by atoms with Gasteiger partial charge in [0.15, 0.2) is 5.82 Å². The lowest BCUT2D eigenvalue weighted by molar-refractivity contribution is 0.0663. The Balaban J connectivity index is 1.24. The third kappa shape index (κ3) is 3.83. The van der Waals surface area contributed by atoms with Gasteiger partial charge < -0.3 is 9.63 Å². The van der Waals surface area contributed by atoms with Gasteiger partial charge in [-0.25, -0.2) is 0 Å². The molecule has 0 amide bonds. The number of aromatic nitrogens is 2. The molecule has 1 aromatic carbocycles. The van der Waals surface area contributed by atoms with Gasteiger partial charge >= 0.3 is 0 Å². The van der Waals surface area contributed by atoms with Crippen LogP contribution in [0.3, 0.4) is 0 Å². The summed E-state index contributed by atoms with van der Waals surface area (Å²) in [6.45, 7) is 5.24. The van der Waals surface area contributed by atoms with Crippen molar-refractivity contribution in [1.29, 1.82) is 0 Å². The molecule has 0 radical (unpaired) electrons. The standard InChI is InChI=1S/C18H24N4O2/c23-16(14-4-2-1-3-5-14)12-21-8-10-22(11-9-21)13-17-19-18(20-24-17)15-6-7-15/h1-5,15-16,23H,6-13H2. The van der Waals surface area contributed by atoms with Crippen LogP contribution < -0.4 is 0 Å². The van der Waals surface area contributed by atoms with E-state index in [0.717, 1.165) is 50.0 Å². The Morgan fingerprint density at radius 2 is 1.79 bits per heavy atom. The van der Waals surface area contributed by atoms with E-state index in [-0.39, 0.29) is 0 Å². The molecule has 1 aliphatic heterocycles. The quantitative estimate of drug-likeness (QED) is 0.872. The van der Waals surface area contributed by atoms with Crippen molar-refractivity contribution in [2.24, 2.45) is 0 Å². The number of piperazine rings is 1. The van der Waals surface area contributed by atoms with E-state index in [1.54, 1.807) is 0 Å². The second kappa shape index (κ2) is 7.01. The van der Waals surface area contributed by atoms with E-state index in [1.165, 1.54) is 12.8 Å². The molecule has 2 aliphatic rings. The summed E-state index contributed by atoms with van der Waals surface area (Å²) < 4.78 is 5.36. The Bertz CT molecular complexity index is 648. The maximum Gasteiger partial charge on any atom is 0.240 e. The van der Waals surface area contributed by atoms with Crippen LogP contribution in [-0.4, -0.2) is 57.8 Å². The molecule has 24 heavy (non-hydrogen) atoms. The van der Waals surface area contributed by atoms with Crippen LogP contribution in [0.4, 0.5) is 0 Å². The number of hydrogen-bond donors (Lipinski definition) is 1. The minimum Gasteiger partial charge on any atom is -0.387 e. The molecule has 0 spiro atoms. The van der Waals surface area contributed by atoms with Crippen LogP contribution in [0.25, 0.3) is 0 Å². The van der Waals surface area contributed by atoms with Crippen LogP contribution in [0, 0.1) is 0 Å². The first-order valence-corrected chi connectivity index (χ1v) is 8.78. The zero-order chi connectivity index (χ0) is 16.4. The Morgan fingerprint density at radius 1 is 1.08 bits per heavy atom. The van der Waals surface area contributed by atoms with Crippen molar-refractivity contribution >= 4 is 0 Å². The van der Waals surface area contributed by atoms with Gasteiger partial charge in [-0.1, -0.05) is 35.5 Å². The third-order valence-corrected chi connectivity index (χ3v) is 4.87. The van der Waals surface area contributed by atoms with Gasteiger partial charge in [-0.2, -0.15) is 4.98 Å². The maximum atomic E-state index is 10.3. The molecule has 1 aromatic heterocycles. The van der Waals surface area contributed by atoms with Crippen molar-refractivity contribution in [1.82, 2.24) is 19.9 Å². The maximum absolute atomic E-state index is 10.3. The largest absolute Gasteiger partial charge is 0.387 e. The lowest BCUT2D eigenvalue weighted by Gasteiger charge is -2.34. The molecule has 0 bridgehead atoms. The second-order valence-electron chi connectivity index (χ2n) is 6.82. The average Bonchev–Trinajstić information content (AvgIpc) is 3.37. The fraction of sp³-hybridized carbons (Fsp3) is 0.556. The van der Waals surface area contributed by atoms with Gasteiger partial charge in [0.1, 0.15) is 0 Å². The Hall–Kier alpha value is -1.76. The summed E-state index contributed by atoms with van der Waals surface area (Å²) in [4.78, 5) is 9.16. The van der Waals surface area contributed by atoms with E-state index < -0.39 is 6.10 Å². The predicted molar refractivity (Wildman–Crippen MR) is 89.4 cm³/mol. The number of β-amino-alcohol motifs (C(OH)–C–C–N with tert-alkyl or cyclic N) is 1. The highest BCUT2D eigenvalue weighted by Crippen LogP contribution is 2.38. The highest BCUT2D eigenvalue weighted by atomic mass is 16.5. The van der Waals surface area contributed by atoms with E-state index in [0.29, 0.717) is 12.5 Å². The summed E-state index contributed by atoms with van der Waals surface area (Å²) in [6, 6.07) is 9.87. The smallest absolute Gasteiger partial charge is 0.240 e. The van der Waals surface area contributed by atoms with Crippen LogP contribution in [-0.2, 0) is 6.54 Å². The van der Waals surface area contributed by atoms with Gasteiger partial charge in [0.2, 0.25) is 5.89 Å². The molecule has 1 aliphatic carbocycles. The van der Waals surface area contributed by atoms with Gasteiger partial charge in [-0.15, -0.1) is 0 Å². The molecule has 1 unspecified atom stereocenters. The molecule has 2 heterocycles. The first-order chi connectivity index (χ1) is 11.8. The van der Waals surface area contributed by atoms with E-state index in [2.05, 4.69) is 19.9 Å².